The number of para-hydroxylation sites is 1. The Morgan fingerprint density at radius 2 is 1.85 bits per heavy atom. The van der Waals surface area contributed by atoms with Crippen molar-refractivity contribution in [1.29, 1.82) is 0 Å². The van der Waals surface area contributed by atoms with Crippen molar-refractivity contribution < 1.29 is 22.3 Å². The Balaban J connectivity index is 1.65. The summed E-state index contributed by atoms with van der Waals surface area (Å²) in [4.78, 5) is 12.3. The maximum absolute atomic E-state index is 13.8. The Labute approximate surface area is 157 Å². The summed E-state index contributed by atoms with van der Waals surface area (Å²) in [6.07, 6.45) is 0.400. The van der Waals surface area contributed by atoms with Crippen molar-refractivity contribution in [2.45, 2.75) is 18.5 Å². The molecule has 1 aliphatic heterocycles. The lowest BCUT2D eigenvalue weighted by atomic mass is 10.1. The van der Waals surface area contributed by atoms with Crippen molar-refractivity contribution in [3.05, 3.63) is 66.0 Å². The zero-order chi connectivity index (χ0) is 19.3. The summed E-state index contributed by atoms with van der Waals surface area (Å²) in [6.45, 7) is 0.0291. The van der Waals surface area contributed by atoms with E-state index in [0.29, 0.717) is 6.42 Å². The normalized spacial score (nSPS) is 19.2. The number of halogens is 1. The van der Waals surface area contributed by atoms with E-state index in [1.165, 1.54) is 12.1 Å². The van der Waals surface area contributed by atoms with Crippen LogP contribution in [0.1, 0.15) is 18.0 Å². The van der Waals surface area contributed by atoms with Gasteiger partial charge in [-0.05, 0) is 24.1 Å². The number of amides is 2. The van der Waals surface area contributed by atoms with Crippen molar-refractivity contribution in [2.75, 3.05) is 18.1 Å². The Hall–Kier alpha value is -2.61. The number of nitrogens with one attached hydrogen (secondary N) is 2. The van der Waals surface area contributed by atoms with Gasteiger partial charge in [-0.1, -0.05) is 42.5 Å². The number of carbonyl (C=O) groups is 1. The van der Waals surface area contributed by atoms with Gasteiger partial charge in [-0.3, -0.25) is 0 Å². The predicted molar refractivity (Wildman–Crippen MR) is 99.8 cm³/mol. The largest absolute Gasteiger partial charge is 0.488 e. The molecule has 2 N–H and O–H groups in total. The fourth-order valence-corrected chi connectivity index (χ4v) is 4.61. The van der Waals surface area contributed by atoms with Gasteiger partial charge in [0.1, 0.15) is 6.61 Å². The highest BCUT2D eigenvalue weighted by Crippen LogP contribution is 2.19. The third-order valence-corrected chi connectivity index (χ3v) is 6.09. The second-order valence-corrected chi connectivity index (χ2v) is 8.65. The zero-order valence-electron chi connectivity index (χ0n) is 14.6. The Morgan fingerprint density at radius 1 is 1.15 bits per heavy atom. The fraction of sp³-hybridized carbons (Fsp3) is 0.316. The maximum Gasteiger partial charge on any atom is 0.315 e. The highest BCUT2D eigenvalue weighted by Gasteiger charge is 2.29. The minimum absolute atomic E-state index is 0.0291. The van der Waals surface area contributed by atoms with Crippen LogP contribution < -0.4 is 15.4 Å². The number of urea groups is 1. The molecule has 0 radical (unpaired) electrons. The van der Waals surface area contributed by atoms with E-state index in [2.05, 4.69) is 10.6 Å². The minimum atomic E-state index is -3.08. The van der Waals surface area contributed by atoms with Crippen LogP contribution in [0.25, 0.3) is 0 Å². The molecule has 0 saturated carbocycles. The average molecular weight is 392 g/mol. The predicted octanol–water partition coefficient (Wildman–Crippen LogP) is 2.43. The van der Waals surface area contributed by atoms with Gasteiger partial charge in [-0.25, -0.2) is 17.6 Å². The van der Waals surface area contributed by atoms with E-state index in [1.54, 1.807) is 12.1 Å². The molecule has 0 unspecified atom stereocenters. The lowest BCUT2D eigenvalue weighted by Crippen LogP contribution is -2.45. The third kappa shape index (κ3) is 5.43. The number of hydrogen-bond donors (Lipinski definition) is 2. The molecule has 2 amide bonds. The molecule has 2 atom stereocenters. The molecule has 3 rings (SSSR count). The first kappa shape index (κ1) is 19.2. The van der Waals surface area contributed by atoms with Gasteiger partial charge in [0, 0.05) is 6.04 Å². The second-order valence-electron chi connectivity index (χ2n) is 6.42. The van der Waals surface area contributed by atoms with Crippen LogP contribution in [0.15, 0.2) is 54.6 Å². The smallest absolute Gasteiger partial charge is 0.315 e. The third-order valence-electron chi connectivity index (χ3n) is 4.32. The molecular weight excluding hydrogens is 371 g/mol. The summed E-state index contributed by atoms with van der Waals surface area (Å²) in [5.41, 5.74) is 0.794. The lowest BCUT2D eigenvalue weighted by Gasteiger charge is -2.21. The van der Waals surface area contributed by atoms with E-state index < -0.39 is 33.8 Å². The molecular formula is C19H21FN2O4S. The molecule has 1 fully saturated rings. The van der Waals surface area contributed by atoms with Crippen LogP contribution in [0.4, 0.5) is 9.18 Å². The summed E-state index contributed by atoms with van der Waals surface area (Å²) >= 11 is 0. The standard InChI is InChI=1S/C19H21FN2O4S/c20-16-8-4-5-9-18(16)26-12-17(14-6-2-1-3-7-14)22-19(23)21-15-10-11-27(24,25)13-15/h1-9,15,17H,10-13H2,(H2,21,22,23)/t15-,17+/m1/s1. The Bertz CT molecular complexity index is 890. The van der Waals surface area contributed by atoms with E-state index in [4.69, 9.17) is 4.74 Å². The van der Waals surface area contributed by atoms with Crippen molar-refractivity contribution in [2.24, 2.45) is 0 Å². The SMILES string of the molecule is O=C(N[C@@H]1CCS(=O)(=O)C1)N[C@@H](COc1ccccc1F)c1ccccc1. The quantitative estimate of drug-likeness (QED) is 0.791. The van der Waals surface area contributed by atoms with E-state index in [0.717, 1.165) is 5.56 Å². The number of benzene rings is 2. The molecule has 1 heterocycles. The molecule has 27 heavy (non-hydrogen) atoms. The van der Waals surface area contributed by atoms with Gasteiger partial charge in [-0.15, -0.1) is 0 Å². The van der Waals surface area contributed by atoms with Gasteiger partial charge >= 0.3 is 6.03 Å². The molecule has 1 aliphatic rings. The highest BCUT2D eigenvalue weighted by atomic mass is 32.2. The van der Waals surface area contributed by atoms with Gasteiger partial charge in [0.05, 0.1) is 17.5 Å². The van der Waals surface area contributed by atoms with Crippen LogP contribution in [0.5, 0.6) is 5.75 Å². The molecule has 1 saturated heterocycles. The molecule has 0 bridgehead atoms. The van der Waals surface area contributed by atoms with E-state index in [9.17, 15) is 17.6 Å². The number of carbonyl (C=O) groups excluding carboxylic acids is 1. The fourth-order valence-electron chi connectivity index (χ4n) is 2.94. The summed E-state index contributed by atoms with van der Waals surface area (Å²) < 4.78 is 42.4. The van der Waals surface area contributed by atoms with Crippen LogP contribution in [0, 0.1) is 5.82 Å². The van der Waals surface area contributed by atoms with Gasteiger partial charge in [0.2, 0.25) is 0 Å². The first-order chi connectivity index (χ1) is 12.9. The van der Waals surface area contributed by atoms with Crippen LogP contribution in [0.3, 0.4) is 0 Å². The summed E-state index contributed by atoms with van der Waals surface area (Å²) in [5.74, 6) is -0.356. The van der Waals surface area contributed by atoms with Gasteiger partial charge < -0.3 is 15.4 Å². The Kier molecular flexibility index (Phi) is 5.95. The van der Waals surface area contributed by atoms with Gasteiger partial charge in [0.15, 0.2) is 21.4 Å². The van der Waals surface area contributed by atoms with Crippen LogP contribution in [0.2, 0.25) is 0 Å². The van der Waals surface area contributed by atoms with Crippen LogP contribution in [-0.4, -0.2) is 38.6 Å². The monoisotopic (exact) mass is 392 g/mol. The molecule has 8 heteroatoms. The minimum Gasteiger partial charge on any atom is -0.488 e. The first-order valence-electron chi connectivity index (χ1n) is 8.63. The molecule has 0 aliphatic carbocycles. The average Bonchev–Trinajstić information content (AvgIpc) is 2.99. The van der Waals surface area contributed by atoms with E-state index in [-0.39, 0.29) is 23.9 Å². The first-order valence-corrected chi connectivity index (χ1v) is 10.4. The molecule has 0 aromatic heterocycles. The summed E-state index contributed by atoms with van der Waals surface area (Å²) in [7, 11) is -3.08. The highest BCUT2D eigenvalue weighted by molar-refractivity contribution is 7.91. The number of rotatable bonds is 6. The van der Waals surface area contributed by atoms with Crippen LogP contribution >= 0.6 is 0 Å². The zero-order valence-corrected chi connectivity index (χ0v) is 15.4. The maximum atomic E-state index is 13.8. The van der Waals surface area contributed by atoms with E-state index in [1.807, 2.05) is 30.3 Å². The van der Waals surface area contributed by atoms with Gasteiger partial charge in [-0.2, -0.15) is 0 Å². The number of ether oxygens (including phenoxy) is 1. The molecule has 2 aromatic carbocycles. The molecule has 144 valence electrons. The Morgan fingerprint density at radius 3 is 2.52 bits per heavy atom. The second kappa shape index (κ2) is 8.39. The van der Waals surface area contributed by atoms with Crippen molar-refractivity contribution in [3.63, 3.8) is 0 Å². The molecule has 2 aromatic rings. The molecule has 0 spiro atoms. The van der Waals surface area contributed by atoms with Crippen LogP contribution in [-0.2, 0) is 9.84 Å². The van der Waals surface area contributed by atoms with Crippen molar-refractivity contribution >= 4 is 15.9 Å². The topological polar surface area (TPSA) is 84.5 Å². The van der Waals surface area contributed by atoms with Gasteiger partial charge in [0.25, 0.3) is 0 Å². The van der Waals surface area contributed by atoms with Crippen molar-refractivity contribution in [3.8, 4) is 5.75 Å². The lowest BCUT2D eigenvalue weighted by molar-refractivity contribution is 0.219. The summed E-state index contributed by atoms with van der Waals surface area (Å²) in [6, 6.07) is 13.8. The van der Waals surface area contributed by atoms with Crippen molar-refractivity contribution in [1.82, 2.24) is 10.6 Å². The molecule has 6 nitrogen and oxygen atoms in total. The number of sulfone groups is 1. The summed E-state index contributed by atoms with van der Waals surface area (Å²) in [5, 5.41) is 5.47. The number of hydrogen-bond acceptors (Lipinski definition) is 4. The van der Waals surface area contributed by atoms with E-state index >= 15 is 0 Å².